The highest BCUT2D eigenvalue weighted by molar-refractivity contribution is 8.00. The monoisotopic (exact) mass is 762 g/mol. The lowest BCUT2D eigenvalue weighted by Gasteiger charge is -2.40. The summed E-state index contributed by atoms with van der Waals surface area (Å²) in [6.45, 7) is 1.19. The van der Waals surface area contributed by atoms with E-state index < -0.39 is 55.0 Å². The van der Waals surface area contributed by atoms with Crippen molar-refractivity contribution in [3.63, 3.8) is 0 Å². The van der Waals surface area contributed by atoms with Gasteiger partial charge >= 0.3 is 13.8 Å². The predicted molar refractivity (Wildman–Crippen MR) is 180 cm³/mol. The second-order valence-electron chi connectivity index (χ2n) is 11.1. The Labute approximate surface area is 298 Å². The van der Waals surface area contributed by atoms with Gasteiger partial charge in [0.1, 0.15) is 35.0 Å². The lowest BCUT2D eigenvalue weighted by atomic mass is 9.89. The van der Waals surface area contributed by atoms with E-state index in [-0.39, 0.29) is 46.6 Å². The quantitative estimate of drug-likeness (QED) is 0.0860. The molecule has 0 aliphatic carbocycles. The fourth-order valence-corrected chi connectivity index (χ4v) is 7.57. The number of carbonyl (C=O) groups excluding carboxylic acids is 1. The summed E-state index contributed by atoms with van der Waals surface area (Å²) in [7, 11) is -4.87. The van der Waals surface area contributed by atoms with Crippen molar-refractivity contribution in [3.05, 3.63) is 123 Å². The van der Waals surface area contributed by atoms with Crippen LogP contribution in [-0.4, -0.2) is 60.5 Å². The first kappa shape index (κ1) is 38.1. The SMILES string of the molecule is C[C@@H](SC1COC(/C=C/C=C/c2ccc(C#N)cc2F)OC1)[C@@](Cn1cncn1)(OC(=O)c1sccc1COP(=O)(O)O)c1ccc(F)cc1F. The zero-order valence-corrected chi connectivity index (χ0v) is 29.2. The van der Waals surface area contributed by atoms with Crippen LogP contribution in [0, 0.1) is 28.8 Å². The van der Waals surface area contributed by atoms with Crippen molar-refractivity contribution in [2.75, 3.05) is 13.2 Å². The highest BCUT2D eigenvalue weighted by atomic mass is 32.2. The van der Waals surface area contributed by atoms with E-state index in [4.69, 9.17) is 19.5 Å². The lowest BCUT2D eigenvalue weighted by molar-refractivity contribution is -0.146. The molecule has 268 valence electrons. The molecule has 5 rings (SSSR count). The van der Waals surface area contributed by atoms with Gasteiger partial charge in [-0.15, -0.1) is 23.1 Å². The van der Waals surface area contributed by atoms with Crippen molar-refractivity contribution < 1.29 is 51.1 Å². The summed E-state index contributed by atoms with van der Waals surface area (Å²) < 4.78 is 79.2. The summed E-state index contributed by atoms with van der Waals surface area (Å²) in [5, 5.41) is 13.4. The van der Waals surface area contributed by atoms with Gasteiger partial charge < -0.3 is 24.0 Å². The Balaban J connectivity index is 1.35. The zero-order chi connectivity index (χ0) is 36.6. The summed E-state index contributed by atoms with van der Waals surface area (Å²) in [6.07, 6.45) is 8.25. The number of halogens is 3. The molecule has 0 bridgehead atoms. The number of phosphoric ester groups is 1. The average molecular weight is 763 g/mol. The summed E-state index contributed by atoms with van der Waals surface area (Å²) in [5.41, 5.74) is -1.35. The molecule has 1 aliphatic heterocycles. The third kappa shape index (κ3) is 10.0. The van der Waals surface area contributed by atoms with Gasteiger partial charge in [0.25, 0.3) is 0 Å². The molecular weight excluding hydrogens is 732 g/mol. The molecule has 18 heteroatoms. The number of carbonyl (C=O) groups is 1. The van der Waals surface area contributed by atoms with E-state index in [0.29, 0.717) is 11.6 Å². The molecule has 2 aromatic carbocycles. The van der Waals surface area contributed by atoms with Crippen molar-refractivity contribution in [1.29, 1.82) is 5.26 Å². The van der Waals surface area contributed by atoms with E-state index in [2.05, 4.69) is 14.6 Å². The molecular formula is C33H30F3N4O8PS2. The minimum Gasteiger partial charge on any atom is -0.447 e. The smallest absolute Gasteiger partial charge is 0.447 e. The van der Waals surface area contributed by atoms with Crippen LogP contribution in [0.5, 0.6) is 0 Å². The number of nitrogens with zero attached hydrogens (tertiary/aromatic N) is 4. The molecule has 12 nitrogen and oxygen atoms in total. The Bertz CT molecular complexity index is 1980. The number of thioether (sulfide) groups is 1. The van der Waals surface area contributed by atoms with E-state index >= 15 is 4.39 Å². The standard InChI is InChI=1S/C33H30F3N4O8PS2/c1-21(51-26-16-45-30(46-17-26)5-3-2-4-23-7-6-22(14-37)12-28(23)35)33(18-40-20-38-19-39-40,27-9-8-25(34)13-29(27)36)48-32(41)31-24(10-11-50-31)15-47-49(42,43)44/h2-13,19-21,26,30H,15-18H2,1H3,(H2,42,43,44)/b4-2+,5-3+/t21-,26?,30?,33-/m1/s1. The second-order valence-corrected chi connectivity index (χ2v) is 14.9. The topological polar surface area (TPSA) is 166 Å². The van der Waals surface area contributed by atoms with Crippen molar-refractivity contribution in [2.45, 2.75) is 42.5 Å². The Kier molecular flexibility index (Phi) is 12.7. The van der Waals surface area contributed by atoms with Crippen molar-refractivity contribution >= 4 is 43.0 Å². The fourth-order valence-electron chi connectivity index (χ4n) is 5.12. The van der Waals surface area contributed by atoms with E-state index in [1.165, 1.54) is 64.8 Å². The van der Waals surface area contributed by atoms with Gasteiger partial charge in [-0.25, -0.2) is 32.2 Å². The number of thiophene rings is 1. The molecule has 1 aliphatic rings. The highest BCUT2D eigenvalue weighted by Crippen LogP contribution is 2.43. The van der Waals surface area contributed by atoms with Crippen LogP contribution in [0.3, 0.4) is 0 Å². The molecule has 4 aromatic rings. The molecule has 1 fully saturated rings. The Morgan fingerprint density at radius 3 is 2.65 bits per heavy atom. The number of esters is 1. The molecule has 0 saturated carbocycles. The van der Waals surface area contributed by atoms with Gasteiger partial charge in [-0.2, -0.15) is 10.4 Å². The number of hydrogen-bond acceptors (Lipinski definition) is 11. The van der Waals surface area contributed by atoms with Crippen molar-refractivity contribution in [1.82, 2.24) is 14.8 Å². The first-order chi connectivity index (χ1) is 24.4. The van der Waals surface area contributed by atoms with Crippen LogP contribution in [0.15, 0.2) is 78.7 Å². The molecule has 2 N–H and O–H groups in total. The summed E-state index contributed by atoms with van der Waals surface area (Å²) >= 11 is 2.20. The zero-order valence-electron chi connectivity index (χ0n) is 26.7. The number of allylic oxidation sites excluding steroid dienone is 2. The van der Waals surface area contributed by atoms with Gasteiger partial charge in [-0.05, 0) is 48.7 Å². The Hall–Kier alpha value is -4.11. The van der Waals surface area contributed by atoms with Crippen LogP contribution < -0.4 is 0 Å². The van der Waals surface area contributed by atoms with E-state index in [0.717, 1.165) is 23.5 Å². The van der Waals surface area contributed by atoms with Gasteiger partial charge in [0, 0.05) is 28.0 Å². The number of aromatic nitrogens is 3. The molecule has 0 radical (unpaired) electrons. The van der Waals surface area contributed by atoms with Gasteiger partial charge in [0.05, 0.1) is 43.2 Å². The van der Waals surface area contributed by atoms with Gasteiger partial charge in [0.15, 0.2) is 11.9 Å². The maximum absolute atomic E-state index is 15.7. The number of phosphoric acid groups is 1. The number of nitriles is 1. The number of benzene rings is 2. The predicted octanol–water partition coefficient (Wildman–Crippen LogP) is 6.12. The largest absolute Gasteiger partial charge is 0.469 e. The maximum atomic E-state index is 15.7. The summed E-state index contributed by atoms with van der Waals surface area (Å²) in [4.78, 5) is 36.1. The molecule has 2 atom stereocenters. The van der Waals surface area contributed by atoms with Crippen LogP contribution in [-0.2, 0) is 42.1 Å². The van der Waals surface area contributed by atoms with Crippen LogP contribution >= 0.6 is 30.9 Å². The maximum Gasteiger partial charge on any atom is 0.469 e. The van der Waals surface area contributed by atoms with Gasteiger partial charge in [0.2, 0.25) is 0 Å². The average Bonchev–Trinajstić information content (AvgIpc) is 3.79. The van der Waals surface area contributed by atoms with Crippen molar-refractivity contribution in [2.24, 2.45) is 0 Å². The van der Waals surface area contributed by atoms with Crippen molar-refractivity contribution in [3.8, 4) is 6.07 Å². The minimum atomic E-state index is -4.87. The molecule has 3 heterocycles. The van der Waals surface area contributed by atoms with E-state index in [1.54, 1.807) is 25.2 Å². The molecule has 0 spiro atoms. The molecule has 2 aromatic heterocycles. The first-order valence-electron chi connectivity index (χ1n) is 15.1. The number of hydrogen-bond donors (Lipinski definition) is 2. The van der Waals surface area contributed by atoms with Crippen LogP contribution in [0.2, 0.25) is 0 Å². The third-order valence-corrected chi connectivity index (χ3v) is 10.4. The molecule has 0 amide bonds. The van der Waals surface area contributed by atoms with Crippen LogP contribution in [0.1, 0.15) is 38.8 Å². The van der Waals surface area contributed by atoms with Gasteiger partial charge in [-0.1, -0.05) is 24.3 Å². The molecule has 1 saturated heterocycles. The Morgan fingerprint density at radius 1 is 1.20 bits per heavy atom. The number of rotatable bonds is 14. The Morgan fingerprint density at radius 2 is 1.98 bits per heavy atom. The van der Waals surface area contributed by atoms with Gasteiger partial charge in [-0.3, -0.25) is 4.52 Å². The van der Waals surface area contributed by atoms with Crippen LogP contribution in [0.4, 0.5) is 13.2 Å². The van der Waals surface area contributed by atoms with E-state index in [9.17, 15) is 27.9 Å². The minimum absolute atomic E-state index is 0.0407. The molecule has 51 heavy (non-hydrogen) atoms. The third-order valence-electron chi connectivity index (χ3n) is 7.58. The normalized spacial score (nSPS) is 18.5. The molecule has 0 unspecified atom stereocenters. The van der Waals surface area contributed by atoms with E-state index in [1.807, 2.05) is 6.07 Å². The summed E-state index contributed by atoms with van der Waals surface area (Å²) in [5.74, 6) is -3.31. The van der Waals surface area contributed by atoms with Crippen LogP contribution in [0.25, 0.3) is 6.08 Å². The first-order valence-corrected chi connectivity index (χ1v) is 18.4. The number of ether oxygens (including phenoxy) is 3. The highest BCUT2D eigenvalue weighted by Gasteiger charge is 2.47. The fraction of sp³-hybridized carbons (Fsp3) is 0.273. The lowest BCUT2D eigenvalue weighted by Crippen LogP contribution is -2.47. The second kappa shape index (κ2) is 16.9. The summed E-state index contributed by atoms with van der Waals surface area (Å²) in [6, 6.07) is 10.4.